The molecule has 0 bridgehead atoms. The van der Waals surface area contributed by atoms with Gasteiger partial charge in [-0.3, -0.25) is 0 Å². The third-order valence-electron chi connectivity index (χ3n) is 9.65. The molecule has 2 aliphatic carbocycles. The van der Waals surface area contributed by atoms with Gasteiger partial charge in [0.1, 0.15) is 17.6 Å². The van der Waals surface area contributed by atoms with Gasteiger partial charge in [-0.1, -0.05) is 54.0 Å². The monoisotopic (exact) mass is 561 g/mol. The van der Waals surface area contributed by atoms with Crippen molar-refractivity contribution >= 4 is 22.7 Å². The van der Waals surface area contributed by atoms with Crippen LogP contribution < -0.4 is 14.2 Å². The van der Waals surface area contributed by atoms with Crippen molar-refractivity contribution in [2.75, 3.05) is 0 Å². The summed E-state index contributed by atoms with van der Waals surface area (Å²) in [5, 5.41) is 3.41. The second kappa shape index (κ2) is 12.0. The van der Waals surface area contributed by atoms with Crippen molar-refractivity contribution in [3.05, 3.63) is 23.8 Å². The van der Waals surface area contributed by atoms with E-state index in [2.05, 4.69) is 91.2 Å². The minimum atomic E-state index is -2.03. The first-order chi connectivity index (χ1) is 17.5. The molecule has 0 saturated heterocycles. The molecule has 1 aromatic rings. The van der Waals surface area contributed by atoms with Crippen LogP contribution in [0.15, 0.2) is 18.2 Å². The fourth-order valence-electron chi connectivity index (χ4n) is 4.96. The van der Waals surface area contributed by atoms with Crippen LogP contribution in [-0.4, -0.2) is 34.9 Å². The smallest absolute Gasteiger partial charge is 0.407 e. The van der Waals surface area contributed by atoms with Crippen LogP contribution in [0.3, 0.4) is 0 Å². The Morgan fingerprint density at radius 3 is 1.89 bits per heavy atom. The van der Waals surface area contributed by atoms with Crippen molar-refractivity contribution in [3.63, 3.8) is 0 Å². The molecule has 38 heavy (non-hydrogen) atoms. The maximum absolute atomic E-state index is 12.5. The molecular weight excluding hydrogens is 507 g/mol. The number of alkyl carbamates (subject to hydrolysis) is 1. The van der Waals surface area contributed by atoms with E-state index in [1.165, 1.54) is 24.8 Å². The molecule has 0 aromatic heterocycles. The van der Waals surface area contributed by atoms with Crippen molar-refractivity contribution in [1.29, 1.82) is 0 Å². The molecule has 216 valence electrons. The molecule has 0 radical (unpaired) electrons. The van der Waals surface area contributed by atoms with Gasteiger partial charge < -0.3 is 18.9 Å². The van der Waals surface area contributed by atoms with Gasteiger partial charge in [0.25, 0.3) is 0 Å². The first-order valence-corrected chi connectivity index (χ1v) is 20.8. The van der Waals surface area contributed by atoms with Crippen molar-refractivity contribution in [2.24, 2.45) is 0 Å². The van der Waals surface area contributed by atoms with Crippen LogP contribution in [0.5, 0.6) is 11.5 Å². The summed E-state index contributed by atoms with van der Waals surface area (Å²) < 4.78 is 19.3. The van der Waals surface area contributed by atoms with Gasteiger partial charge in [-0.25, -0.2) is 4.79 Å². The van der Waals surface area contributed by atoms with Gasteiger partial charge in [-0.05, 0) is 105 Å². The number of hydrogen-bond acceptors (Lipinski definition) is 4. The Balaban J connectivity index is 1.72. The fraction of sp³-hybridized carbons (Fsp3) is 0.774. The Morgan fingerprint density at radius 1 is 0.789 bits per heavy atom. The third kappa shape index (κ3) is 8.03. The lowest BCUT2D eigenvalue weighted by atomic mass is 9.81. The number of amides is 1. The highest BCUT2D eigenvalue weighted by molar-refractivity contribution is 6.75. The summed E-state index contributed by atoms with van der Waals surface area (Å²) in [5.74, 6) is 2.35. The summed E-state index contributed by atoms with van der Waals surface area (Å²) in [6.45, 7) is 22.9. The third-order valence-corrected chi connectivity index (χ3v) is 18.4. The molecule has 0 atom stereocenters. The highest BCUT2D eigenvalue weighted by Gasteiger charge is 2.41. The van der Waals surface area contributed by atoms with E-state index < -0.39 is 16.6 Å². The average molecular weight is 562 g/mol. The highest BCUT2D eigenvalue weighted by atomic mass is 28.4. The number of carbonyl (C=O) groups is 1. The van der Waals surface area contributed by atoms with Crippen LogP contribution in [-0.2, 0) is 4.74 Å². The predicted molar refractivity (Wildman–Crippen MR) is 164 cm³/mol. The molecule has 1 amide bonds. The molecule has 1 aromatic carbocycles. The van der Waals surface area contributed by atoms with Gasteiger partial charge in [0.15, 0.2) is 0 Å². The van der Waals surface area contributed by atoms with E-state index in [9.17, 15) is 4.79 Å². The van der Waals surface area contributed by atoms with Crippen molar-refractivity contribution in [1.82, 2.24) is 5.32 Å². The SMILES string of the molecule is CC(C)(C)[Si](C)(C)Oc1ccc(C2CCC(NC(=O)OC3CCCCC3)CC2)c(O[Si](C)(C)C(C)(C)C)c1. The van der Waals surface area contributed by atoms with Crippen LogP contribution in [0, 0.1) is 0 Å². The van der Waals surface area contributed by atoms with E-state index in [0.29, 0.717) is 5.92 Å². The molecule has 3 rings (SSSR count). The average Bonchev–Trinajstić information content (AvgIpc) is 2.78. The largest absolute Gasteiger partial charge is 0.543 e. The molecule has 1 N–H and O–H groups in total. The van der Waals surface area contributed by atoms with E-state index in [-0.39, 0.29) is 28.3 Å². The lowest BCUT2D eigenvalue weighted by molar-refractivity contribution is 0.0713. The molecule has 2 saturated carbocycles. The van der Waals surface area contributed by atoms with E-state index in [1.807, 2.05) is 0 Å². The van der Waals surface area contributed by atoms with Gasteiger partial charge >= 0.3 is 6.09 Å². The zero-order chi connectivity index (χ0) is 28.4. The van der Waals surface area contributed by atoms with E-state index >= 15 is 0 Å². The Labute approximate surface area is 235 Å². The Kier molecular flexibility index (Phi) is 9.77. The molecule has 0 aliphatic heterocycles. The van der Waals surface area contributed by atoms with Gasteiger partial charge in [-0.15, -0.1) is 0 Å². The maximum atomic E-state index is 12.5. The van der Waals surface area contributed by atoms with Gasteiger partial charge in [0.05, 0.1) is 0 Å². The summed E-state index contributed by atoms with van der Waals surface area (Å²) in [6, 6.07) is 6.76. The van der Waals surface area contributed by atoms with Crippen molar-refractivity contribution in [2.45, 2.75) is 154 Å². The summed E-state index contributed by atoms with van der Waals surface area (Å²) in [5.41, 5.74) is 1.29. The topological polar surface area (TPSA) is 56.8 Å². The Hall–Kier alpha value is -1.48. The highest BCUT2D eigenvalue weighted by Crippen LogP contribution is 2.45. The summed E-state index contributed by atoms with van der Waals surface area (Å²) in [6.07, 6.45) is 9.48. The Morgan fingerprint density at radius 2 is 1.34 bits per heavy atom. The van der Waals surface area contributed by atoms with Crippen LogP contribution in [0.25, 0.3) is 0 Å². The first kappa shape index (κ1) is 31.1. The lowest BCUT2D eigenvalue weighted by Crippen LogP contribution is -2.45. The molecule has 0 heterocycles. The molecular formula is C31H55NO4Si2. The van der Waals surface area contributed by atoms with Crippen LogP contribution in [0.4, 0.5) is 4.79 Å². The van der Waals surface area contributed by atoms with Crippen LogP contribution >= 0.6 is 0 Å². The number of hydrogen-bond donors (Lipinski definition) is 1. The molecule has 2 aliphatic rings. The molecule has 7 heteroatoms. The van der Waals surface area contributed by atoms with Crippen molar-refractivity contribution in [3.8, 4) is 11.5 Å². The number of rotatable bonds is 7. The number of nitrogens with one attached hydrogen (secondary N) is 1. The van der Waals surface area contributed by atoms with E-state index in [0.717, 1.165) is 50.0 Å². The molecule has 2 fully saturated rings. The van der Waals surface area contributed by atoms with Gasteiger partial charge in [-0.2, -0.15) is 0 Å². The minimum Gasteiger partial charge on any atom is -0.543 e. The van der Waals surface area contributed by atoms with Crippen molar-refractivity contribution < 1.29 is 18.4 Å². The first-order valence-electron chi connectivity index (χ1n) is 15.0. The fourth-order valence-corrected chi connectivity index (χ4v) is 7.02. The number of benzene rings is 1. The van der Waals surface area contributed by atoms with Gasteiger partial charge in [0, 0.05) is 12.1 Å². The molecule has 0 spiro atoms. The summed E-state index contributed by atoms with van der Waals surface area (Å²) in [4.78, 5) is 12.5. The predicted octanol–water partition coefficient (Wildman–Crippen LogP) is 9.54. The molecule has 5 nitrogen and oxygen atoms in total. The van der Waals surface area contributed by atoms with E-state index in [1.54, 1.807) is 0 Å². The maximum Gasteiger partial charge on any atom is 0.407 e. The second-order valence-corrected chi connectivity index (χ2v) is 24.2. The van der Waals surface area contributed by atoms with Crippen LogP contribution in [0.1, 0.15) is 111 Å². The minimum absolute atomic E-state index is 0.0992. The number of carbonyl (C=O) groups excluding carboxylic acids is 1. The number of ether oxygens (including phenoxy) is 1. The molecule has 0 unspecified atom stereocenters. The summed E-state index contributed by atoms with van der Waals surface area (Å²) >= 11 is 0. The second-order valence-electron chi connectivity index (χ2n) is 14.8. The normalized spacial score (nSPS) is 22.1. The van der Waals surface area contributed by atoms with Gasteiger partial charge in [0.2, 0.25) is 16.6 Å². The van der Waals surface area contributed by atoms with Crippen LogP contribution in [0.2, 0.25) is 36.3 Å². The Bertz CT molecular complexity index is 934. The van der Waals surface area contributed by atoms with E-state index in [4.69, 9.17) is 13.6 Å². The zero-order valence-electron chi connectivity index (χ0n) is 26.0. The standard InChI is InChI=1S/C31H55NO4Si2/c1-30(2,3)37(7,8)35-26-20-21-27(28(22-26)36-38(9,10)31(4,5)6)23-16-18-24(19-17-23)32-29(33)34-25-14-12-11-13-15-25/h20-25H,11-19H2,1-10H3,(H,32,33). The zero-order valence-corrected chi connectivity index (χ0v) is 28.0. The summed E-state index contributed by atoms with van der Waals surface area (Å²) in [7, 11) is -3.99. The quantitative estimate of drug-likeness (QED) is 0.337. The lowest BCUT2D eigenvalue weighted by Gasteiger charge is -2.39.